The van der Waals surface area contributed by atoms with Gasteiger partial charge in [-0.15, -0.1) is 11.3 Å². The van der Waals surface area contributed by atoms with Crippen molar-refractivity contribution in [2.45, 2.75) is 70.2 Å². The van der Waals surface area contributed by atoms with Crippen molar-refractivity contribution >= 4 is 33.6 Å². The van der Waals surface area contributed by atoms with Gasteiger partial charge in [0.1, 0.15) is 17.7 Å². The molecule has 2 fully saturated rings. The molecule has 2 aromatic carbocycles. The van der Waals surface area contributed by atoms with Gasteiger partial charge in [-0.05, 0) is 74.8 Å². The number of aromatic nitrogens is 1. The van der Waals surface area contributed by atoms with E-state index in [1.807, 2.05) is 56.6 Å². The molecule has 1 N–H and O–H groups in total. The minimum absolute atomic E-state index is 0.0258. The van der Waals surface area contributed by atoms with Crippen LogP contribution in [-0.2, 0) is 16.0 Å². The summed E-state index contributed by atoms with van der Waals surface area (Å²) in [4.78, 5) is 32.1. The largest absolute Gasteiger partial charge is 0.444 e. The van der Waals surface area contributed by atoms with Gasteiger partial charge >= 0.3 is 6.09 Å². The number of piperidine rings is 1. The Kier molecular flexibility index (Phi) is 6.44. The minimum atomic E-state index is -0.684. The van der Waals surface area contributed by atoms with E-state index in [4.69, 9.17) is 4.74 Å². The SMILES string of the molecule is CC(C)(C)OC(=O)N1C2CCC(C2)C1C(=O)N[C@H](C#N)Cc1ccc(-c2ccc3ncsc3c2)cc1. The second-order valence-corrected chi connectivity index (χ2v) is 11.6. The van der Waals surface area contributed by atoms with Crippen LogP contribution in [0.15, 0.2) is 48.0 Å². The number of carbonyl (C=O) groups is 2. The maximum atomic E-state index is 13.3. The van der Waals surface area contributed by atoms with Crippen LogP contribution in [0.3, 0.4) is 0 Å². The molecule has 1 saturated carbocycles. The second-order valence-electron chi connectivity index (χ2n) is 10.7. The summed E-state index contributed by atoms with van der Waals surface area (Å²) in [5.74, 6) is -0.161. The van der Waals surface area contributed by atoms with Gasteiger partial charge in [0, 0.05) is 12.5 Å². The predicted molar refractivity (Wildman–Crippen MR) is 139 cm³/mol. The van der Waals surface area contributed by atoms with E-state index >= 15 is 0 Å². The number of thiazole rings is 1. The molecule has 2 bridgehead atoms. The normalized spacial score (nSPS) is 21.8. The summed E-state index contributed by atoms with van der Waals surface area (Å²) in [6.07, 6.45) is 2.55. The molecular formula is C28H30N4O3S. The number of ether oxygens (including phenoxy) is 1. The Morgan fingerprint density at radius 1 is 1.19 bits per heavy atom. The number of rotatable bonds is 5. The van der Waals surface area contributed by atoms with Crippen molar-refractivity contribution in [3.05, 3.63) is 53.5 Å². The highest BCUT2D eigenvalue weighted by Crippen LogP contribution is 2.43. The molecule has 7 nitrogen and oxygen atoms in total. The molecule has 8 heteroatoms. The van der Waals surface area contributed by atoms with Crippen molar-refractivity contribution in [1.29, 1.82) is 5.26 Å². The van der Waals surface area contributed by atoms with Crippen molar-refractivity contribution in [3.8, 4) is 17.2 Å². The second kappa shape index (κ2) is 9.55. The number of carbonyl (C=O) groups excluding carboxylic acids is 2. The summed E-state index contributed by atoms with van der Waals surface area (Å²) in [5.41, 5.74) is 5.36. The third kappa shape index (κ3) is 4.93. The molecule has 4 atom stereocenters. The van der Waals surface area contributed by atoms with Gasteiger partial charge in [0.05, 0.1) is 21.8 Å². The van der Waals surface area contributed by atoms with Crippen LogP contribution >= 0.6 is 11.3 Å². The molecule has 1 saturated heterocycles. The summed E-state index contributed by atoms with van der Waals surface area (Å²) >= 11 is 1.62. The van der Waals surface area contributed by atoms with Crippen molar-refractivity contribution in [3.63, 3.8) is 0 Å². The first-order valence-corrected chi connectivity index (χ1v) is 13.2. The molecule has 1 aliphatic heterocycles. The maximum Gasteiger partial charge on any atom is 0.411 e. The van der Waals surface area contributed by atoms with E-state index in [1.54, 1.807) is 16.2 Å². The first-order chi connectivity index (χ1) is 17.2. The Bertz CT molecular complexity index is 1320. The maximum absolute atomic E-state index is 13.3. The van der Waals surface area contributed by atoms with Crippen molar-refractivity contribution in [1.82, 2.24) is 15.2 Å². The van der Waals surface area contributed by atoms with Crippen molar-refractivity contribution < 1.29 is 14.3 Å². The fourth-order valence-corrected chi connectivity index (χ4v) is 6.11. The van der Waals surface area contributed by atoms with Gasteiger partial charge in [-0.3, -0.25) is 9.69 Å². The lowest BCUT2D eigenvalue weighted by Crippen LogP contribution is -2.55. The average Bonchev–Trinajstić information content (AvgIpc) is 3.58. The molecule has 0 spiro atoms. The molecule has 186 valence electrons. The Morgan fingerprint density at radius 3 is 2.67 bits per heavy atom. The van der Waals surface area contributed by atoms with Crippen molar-refractivity contribution in [2.24, 2.45) is 5.92 Å². The topological polar surface area (TPSA) is 95.3 Å². The van der Waals surface area contributed by atoms with Crippen LogP contribution in [0.1, 0.15) is 45.6 Å². The van der Waals surface area contributed by atoms with Gasteiger partial charge in [-0.1, -0.05) is 30.3 Å². The number of amides is 2. The zero-order valence-corrected chi connectivity index (χ0v) is 21.5. The highest BCUT2D eigenvalue weighted by molar-refractivity contribution is 7.16. The van der Waals surface area contributed by atoms with Crippen LogP contribution in [0.4, 0.5) is 4.79 Å². The Balaban J connectivity index is 1.25. The van der Waals surface area contributed by atoms with Gasteiger partial charge in [-0.25, -0.2) is 9.78 Å². The van der Waals surface area contributed by atoms with Gasteiger partial charge in [0.15, 0.2) is 0 Å². The van der Waals surface area contributed by atoms with E-state index in [-0.39, 0.29) is 17.9 Å². The monoisotopic (exact) mass is 502 g/mol. The first-order valence-electron chi connectivity index (χ1n) is 12.4. The molecule has 3 aromatic rings. The fraction of sp³-hybridized carbons (Fsp3) is 0.429. The number of benzene rings is 2. The number of nitriles is 1. The molecule has 3 unspecified atom stereocenters. The minimum Gasteiger partial charge on any atom is -0.444 e. The number of nitrogens with zero attached hydrogens (tertiary/aromatic N) is 3. The Labute approximate surface area is 215 Å². The van der Waals surface area contributed by atoms with E-state index in [9.17, 15) is 14.9 Å². The highest BCUT2D eigenvalue weighted by Gasteiger charge is 2.52. The lowest BCUT2D eigenvalue weighted by molar-refractivity contribution is -0.128. The standard InChI is InChI=1S/C28H30N4O3S/c1-28(2,3)35-27(34)32-22-10-8-20(13-22)25(32)26(33)31-21(15-29)12-17-4-6-18(7-5-17)19-9-11-23-24(14-19)36-16-30-23/h4-7,9,11,14,16,20-22,25H,8,10,12-13H2,1-3H3,(H,31,33)/t20?,21-,22?,25?/m0/s1. The Hall–Kier alpha value is -3.44. The van der Waals surface area contributed by atoms with Gasteiger partial charge < -0.3 is 10.1 Å². The quantitative estimate of drug-likeness (QED) is 0.511. The zero-order chi connectivity index (χ0) is 25.4. The van der Waals surface area contributed by atoms with Crippen LogP contribution in [0.25, 0.3) is 21.3 Å². The van der Waals surface area contributed by atoms with Crippen LogP contribution in [-0.4, -0.2) is 45.6 Å². The van der Waals surface area contributed by atoms with Crippen LogP contribution < -0.4 is 5.32 Å². The fourth-order valence-electron chi connectivity index (χ4n) is 5.39. The van der Waals surface area contributed by atoms with Crippen LogP contribution in [0.5, 0.6) is 0 Å². The Morgan fingerprint density at radius 2 is 1.94 bits per heavy atom. The molecule has 0 radical (unpaired) electrons. The van der Waals surface area contributed by atoms with E-state index < -0.39 is 23.8 Å². The summed E-state index contributed by atoms with van der Waals surface area (Å²) in [5, 5.41) is 12.7. The number of nitrogens with one attached hydrogen (secondary N) is 1. The number of hydrogen-bond acceptors (Lipinski definition) is 6. The molecule has 2 heterocycles. The molecule has 1 aromatic heterocycles. The molecule has 2 aliphatic rings. The smallest absolute Gasteiger partial charge is 0.411 e. The highest BCUT2D eigenvalue weighted by atomic mass is 32.1. The van der Waals surface area contributed by atoms with Crippen molar-refractivity contribution in [2.75, 3.05) is 0 Å². The average molecular weight is 503 g/mol. The van der Waals surface area contributed by atoms with E-state index in [0.717, 1.165) is 46.2 Å². The third-order valence-corrected chi connectivity index (χ3v) is 7.78. The zero-order valence-electron chi connectivity index (χ0n) is 20.7. The van der Waals surface area contributed by atoms with E-state index in [1.165, 1.54) is 0 Å². The number of hydrogen-bond donors (Lipinski definition) is 1. The van der Waals surface area contributed by atoms with Crippen LogP contribution in [0.2, 0.25) is 0 Å². The lowest BCUT2D eigenvalue weighted by Gasteiger charge is -2.35. The first kappa shape index (κ1) is 24.3. The van der Waals surface area contributed by atoms with E-state index in [0.29, 0.717) is 6.42 Å². The lowest BCUT2D eigenvalue weighted by atomic mass is 9.97. The van der Waals surface area contributed by atoms with Gasteiger partial charge in [0.25, 0.3) is 0 Å². The number of likely N-dealkylation sites (tertiary alicyclic amines) is 1. The summed E-state index contributed by atoms with van der Waals surface area (Å²) < 4.78 is 6.73. The third-order valence-electron chi connectivity index (χ3n) is 6.99. The van der Waals surface area contributed by atoms with E-state index in [2.05, 4.69) is 28.5 Å². The van der Waals surface area contributed by atoms with Gasteiger partial charge in [-0.2, -0.15) is 5.26 Å². The summed E-state index contributed by atoms with van der Waals surface area (Å²) in [7, 11) is 0. The summed E-state index contributed by atoms with van der Waals surface area (Å²) in [6, 6.07) is 15.2. The summed E-state index contributed by atoms with van der Waals surface area (Å²) in [6.45, 7) is 5.47. The predicted octanol–water partition coefficient (Wildman–Crippen LogP) is 5.30. The molecule has 2 amide bonds. The molecule has 1 aliphatic carbocycles. The van der Waals surface area contributed by atoms with Crippen LogP contribution in [0, 0.1) is 17.2 Å². The molecule has 36 heavy (non-hydrogen) atoms. The molecule has 5 rings (SSSR count). The van der Waals surface area contributed by atoms with Gasteiger partial charge in [0.2, 0.25) is 5.91 Å². The number of fused-ring (bicyclic) bond motifs is 3. The molecular weight excluding hydrogens is 472 g/mol.